The predicted octanol–water partition coefficient (Wildman–Crippen LogP) is 0.464. The van der Waals surface area contributed by atoms with Gasteiger partial charge in [0.2, 0.25) is 0 Å². The second-order valence-corrected chi connectivity index (χ2v) is 4.91. The number of likely N-dealkylation sites (N-methyl/N-ethyl adjacent to an activating group) is 1. The van der Waals surface area contributed by atoms with Crippen molar-refractivity contribution in [2.75, 3.05) is 30.8 Å². The molecule has 1 aromatic heterocycles. The zero-order chi connectivity index (χ0) is 15.0. The normalized spacial score (nSPS) is 15.7. The number of hydrogen-bond acceptors (Lipinski definition) is 4. The van der Waals surface area contributed by atoms with E-state index in [1.165, 1.54) is 9.80 Å². The summed E-state index contributed by atoms with van der Waals surface area (Å²) >= 11 is 0. The highest BCUT2D eigenvalue weighted by molar-refractivity contribution is 6.41. The Labute approximate surface area is 121 Å². The number of benzene rings is 1. The largest absolute Gasteiger partial charge is 0.382 e. The van der Waals surface area contributed by atoms with Crippen molar-refractivity contribution in [3.05, 3.63) is 30.3 Å². The molecular weight excluding hydrogens is 270 g/mol. The molecule has 1 aromatic carbocycles. The van der Waals surface area contributed by atoms with Crippen LogP contribution < -0.4 is 10.6 Å². The lowest BCUT2D eigenvalue weighted by Crippen LogP contribution is -2.53. The van der Waals surface area contributed by atoms with Gasteiger partial charge in [-0.1, -0.05) is 18.2 Å². The number of nitrogen functional groups attached to an aromatic ring is 1. The molecule has 0 unspecified atom stereocenters. The maximum absolute atomic E-state index is 12.2. The second-order valence-electron chi connectivity index (χ2n) is 4.91. The summed E-state index contributed by atoms with van der Waals surface area (Å²) in [5, 5.41) is 6.73. The molecule has 3 rings (SSSR count). The first-order valence-electron chi connectivity index (χ1n) is 6.55. The number of nitrogens with two attached hydrogens (primary N) is 1. The van der Waals surface area contributed by atoms with Gasteiger partial charge < -0.3 is 15.5 Å². The Morgan fingerprint density at radius 2 is 1.95 bits per heavy atom. The molecule has 0 atom stereocenters. The van der Waals surface area contributed by atoms with Crippen LogP contribution in [-0.4, -0.2) is 47.0 Å². The van der Waals surface area contributed by atoms with Crippen LogP contribution in [-0.2, 0) is 9.59 Å². The van der Waals surface area contributed by atoms with E-state index in [1.807, 2.05) is 24.3 Å². The molecule has 1 saturated heterocycles. The number of anilines is 2. The van der Waals surface area contributed by atoms with E-state index >= 15 is 0 Å². The molecular formula is C14H15N5O2. The monoisotopic (exact) mass is 285 g/mol. The summed E-state index contributed by atoms with van der Waals surface area (Å²) in [6, 6.07) is 9.05. The molecule has 2 amide bonds. The Balaban J connectivity index is 2.03. The molecule has 1 aliphatic rings. The van der Waals surface area contributed by atoms with Crippen molar-refractivity contribution in [3.63, 3.8) is 0 Å². The maximum Gasteiger partial charge on any atom is 0.316 e. The zero-order valence-electron chi connectivity index (χ0n) is 11.5. The molecule has 0 bridgehead atoms. The molecule has 3 N–H and O–H groups in total. The van der Waals surface area contributed by atoms with Crippen molar-refractivity contribution in [3.8, 4) is 11.3 Å². The summed E-state index contributed by atoms with van der Waals surface area (Å²) in [7, 11) is 1.62. The summed E-state index contributed by atoms with van der Waals surface area (Å²) in [6.45, 7) is 0.964. The SMILES string of the molecule is CN1CCN(c2ccccc2-c2cc(N)n[nH]2)C(=O)C1=O. The molecule has 7 heteroatoms. The van der Waals surface area contributed by atoms with E-state index in [9.17, 15) is 9.59 Å². The summed E-state index contributed by atoms with van der Waals surface area (Å²) in [5.74, 6) is -0.649. The average molecular weight is 285 g/mol. The molecule has 1 fully saturated rings. The lowest BCUT2D eigenvalue weighted by molar-refractivity contribution is -0.145. The number of nitrogens with one attached hydrogen (secondary N) is 1. The van der Waals surface area contributed by atoms with Crippen LogP contribution in [0, 0.1) is 0 Å². The highest BCUT2D eigenvalue weighted by Gasteiger charge is 2.32. The first-order valence-corrected chi connectivity index (χ1v) is 6.55. The first-order chi connectivity index (χ1) is 10.1. The third kappa shape index (κ3) is 2.22. The number of rotatable bonds is 2. The van der Waals surface area contributed by atoms with Gasteiger partial charge >= 0.3 is 11.8 Å². The number of hydrogen-bond donors (Lipinski definition) is 2. The lowest BCUT2D eigenvalue weighted by Gasteiger charge is -2.32. The smallest absolute Gasteiger partial charge is 0.316 e. The van der Waals surface area contributed by atoms with E-state index in [0.29, 0.717) is 30.3 Å². The fourth-order valence-electron chi connectivity index (χ4n) is 2.37. The second kappa shape index (κ2) is 4.93. The van der Waals surface area contributed by atoms with E-state index in [4.69, 9.17) is 5.73 Å². The third-order valence-corrected chi connectivity index (χ3v) is 3.52. The summed E-state index contributed by atoms with van der Waals surface area (Å²) in [4.78, 5) is 27.0. The van der Waals surface area contributed by atoms with E-state index in [0.717, 1.165) is 5.56 Å². The van der Waals surface area contributed by atoms with Crippen LogP contribution in [0.1, 0.15) is 0 Å². The molecule has 2 heterocycles. The molecule has 0 saturated carbocycles. The number of amides is 2. The van der Waals surface area contributed by atoms with Crippen molar-refractivity contribution in [2.45, 2.75) is 0 Å². The highest BCUT2D eigenvalue weighted by Crippen LogP contribution is 2.31. The van der Waals surface area contributed by atoms with Gasteiger partial charge in [-0.15, -0.1) is 0 Å². The summed E-state index contributed by atoms with van der Waals surface area (Å²) in [5.41, 5.74) is 7.80. The van der Waals surface area contributed by atoms with Crippen molar-refractivity contribution in [1.82, 2.24) is 15.1 Å². The Morgan fingerprint density at radius 1 is 1.19 bits per heavy atom. The van der Waals surface area contributed by atoms with E-state index < -0.39 is 11.8 Å². The van der Waals surface area contributed by atoms with Crippen molar-refractivity contribution in [1.29, 1.82) is 0 Å². The van der Waals surface area contributed by atoms with Gasteiger partial charge in [0.1, 0.15) is 5.82 Å². The molecule has 0 aliphatic carbocycles. The van der Waals surface area contributed by atoms with Crippen LogP contribution >= 0.6 is 0 Å². The standard InChI is InChI=1S/C14H15N5O2/c1-18-6-7-19(14(21)13(18)20)11-5-3-2-4-9(11)10-8-12(15)17-16-10/h2-5,8H,6-7H2,1H3,(H3,15,16,17). The zero-order valence-corrected chi connectivity index (χ0v) is 11.5. The van der Waals surface area contributed by atoms with E-state index in [-0.39, 0.29) is 0 Å². The minimum atomic E-state index is -0.524. The van der Waals surface area contributed by atoms with Crippen molar-refractivity contribution >= 4 is 23.3 Å². The Hall–Kier alpha value is -2.83. The molecule has 7 nitrogen and oxygen atoms in total. The van der Waals surface area contributed by atoms with Crippen LogP contribution in [0.4, 0.5) is 11.5 Å². The van der Waals surface area contributed by atoms with Gasteiger partial charge in [-0.3, -0.25) is 14.7 Å². The Morgan fingerprint density at radius 3 is 2.67 bits per heavy atom. The molecule has 2 aromatic rings. The van der Waals surface area contributed by atoms with Crippen LogP contribution in [0.3, 0.4) is 0 Å². The van der Waals surface area contributed by atoms with Crippen molar-refractivity contribution in [2.24, 2.45) is 0 Å². The fraction of sp³-hybridized carbons (Fsp3) is 0.214. The molecule has 108 valence electrons. The number of piperazine rings is 1. The quantitative estimate of drug-likeness (QED) is 0.784. The Kier molecular flexibility index (Phi) is 3.09. The number of nitrogens with zero attached hydrogens (tertiary/aromatic N) is 3. The molecule has 0 spiro atoms. The van der Waals surface area contributed by atoms with Crippen LogP contribution in [0.25, 0.3) is 11.3 Å². The van der Waals surface area contributed by atoms with Gasteiger partial charge in [0.05, 0.1) is 11.4 Å². The fourth-order valence-corrected chi connectivity index (χ4v) is 2.37. The third-order valence-electron chi connectivity index (χ3n) is 3.52. The summed E-state index contributed by atoms with van der Waals surface area (Å²) in [6.07, 6.45) is 0. The lowest BCUT2D eigenvalue weighted by atomic mass is 10.1. The number of aromatic amines is 1. The van der Waals surface area contributed by atoms with Crippen molar-refractivity contribution < 1.29 is 9.59 Å². The Bertz CT molecular complexity index is 709. The number of para-hydroxylation sites is 1. The van der Waals surface area contributed by atoms with Gasteiger partial charge in [-0.25, -0.2) is 0 Å². The minimum absolute atomic E-state index is 0.376. The molecule has 0 radical (unpaired) electrons. The van der Waals surface area contributed by atoms with E-state index in [1.54, 1.807) is 13.1 Å². The van der Waals surface area contributed by atoms with Gasteiger partial charge in [-0.2, -0.15) is 5.10 Å². The van der Waals surface area contributed by atoms with Gasteiger partial charge in [0.25, 0.3) is 0 Å². The van der Waals surface area contributed by atoms with Crippen LogP contribution in [0.5, 0.6) is 0 Å². The van der Waals surface area contributed by atoms with Gasteiger partial charge in [0.15, 0.2) is 0 Å². The number of aromatic nitrogens is 2. The minimum Gasteiger partial charge on any atom is -0.382 e. The first kappa shape index (κ1) is 13.2. The molecule has 21 heavy (non-hydrogen) atoms. The maximum atomic E-state index is 12.2. The van der Waals surface area contributed by atoms with Gasteiger partial charge in [-0.05, 0) is 6.07 Å². The number of H-pyrrole nitrogens is 1. The van der Waals surface area contributed by atoms with Crippen LogP contribution in [0.15, 0.2) is 30.3 Å². The number of carbonyl (C=O) groups is 2. The molecule has 1 aliphatic heterocycles. The predicted molar refractivity (Wildman–Crippen MR) is 78.4 cm³/mol. The van der Waals surface area contributed by atoms with Crippen LogP contribution in [0.2, 0.25) is 0 Å². The summed E-state index contributed by atoms with van der Waals surface area (Å²) < 4.78 is 0. The highest BCUT2D eigenvalue weighted by atomic mass is 16.2. The average Bonchev–Trinajstić information content (AvgIpc) is 2.92. The van der Waals surface area contributed by atoms with Gasteiger partial charge in [0, 0.05) is 31.8 Å². The number of carbonyl (C=O) groups excluding carboxylic acids is 2. The van der Waals surface area contributed by atoms with E-state index in [2.05, 4.69) is 10.2 Å². The topological polar surface area (TPSA) is 95.3 Å².